The number of hydrogen-bond acceptors (Lipinski definition) is 1. The summed E-state index contributed by atoms with van der Waals surface area (Å²) in [6, 6.07) is 31.9. The minimum absolute atomic E-state index is 0.290. The van der Waals surface area contributed by atoms with E-state index in [2.05, 4.69) is 182 Å². The number of hydrogen-bond donors (Lipinski definition) is 0. The molecule has 0 radical (unpaired) electrons. The Morgan fingerprint density at radius 1 is 0.943 bits per heavy atom. The second kappa shape index (κ2) is 15.0. The van der Waals surface area contributed by atoms with Crippen molar-refractivity contribution in [2.75, 3.05) is 0 Å². The van der Waals surface area contributed by atoms with E-state index in [0.717, 1.165) is 51.1 Å². The Bertz CT molecular complexity index is 2510. The number of benzene rings is 4. The van der Waals surface area contributed by atoms with Crippen LogP contribution in [0.25, 0.3) is 39.3 Å². The van der Waals surface area contributed by atoms with Crippen LogP contribution in [0.4, 0.5) is 0 Å². The van der Waals surface area contributed by atoms with Gasteiger partial charge in [0.15, 0.2) is 0 Å². The monoisotopic (exact) mass is 798 g/mol. The van der Waals surface area contributed by atoms with Crippen LogP contribution in [0, 0.1) is 5.92 Å². The summed E-state index contributed by atoms with van der Waals surface area (Å²) in [5.74, 6) is 0.671. The van der Waals surface area contributed by atoms with E-state index in [9.17, 15) is 0 Å². The van der Waals surface area contributed by atoms with E-state index >= 15 is 0 Å². The Morgan fingerprint density at radius 3 is 2.60 bits per heavy atom. The number of allylic oxidation sites excluding steroid dienone is 14. The molecule has 0 aliphatic heterocycles. The molecule has 5 aromatic rings. The number of rotatable bonds is 8. The van der Waals surface area contributed by atoms with Crippen LogP contribution < -0.4 is 0 Å². The third-order valence-corrected chi connectivity index (χ3v) is 11.6. The van der Waals surface area contributed by atoms with Gasteiger partial charge in [-0.3, -0.25) is 4.57 Å². The van der Waals surface area contributed by atoms with Gasteiger partial charge in [0.1, 0.15) is 6.33 Å². The Labute approximate surface area is 327 Å². The first-order chi connectivity index (χ1) is 26.0. The molecule has 0 spiro atoms. The zero-order chi connectivity index (χ0) is 36.5. The SMILES string of the molecule is C=C/C=C\C(I)=C\c1cc(C2=C3C=CCCC3C(c3ccc4ccccc4c3)c3ccccc32)ccc1-n1cnc2c1C(C=C)=C(C)C/C2=C\C=C/C. The van der Waals surface area contributed by atoms with Crippen molar-refractivity contribution in [3.8, 4) is 5.69 Å². The molecule has 2 atom stereocenters. The molecule has 0 fully saturated rings. The highest BCUT2D eigenvalue weighted by Gasteiger charge is 2.37. The van der Waals surface area contributed by atoms with E-state index < -0.39 is 0 Å². The van der Waals surface area contributed by atoms with Gasteiger partial charge in [-0.05, 0) is 141 Å². The second-order valence-electron chi connectivity index (χ2n) is 14.1. The highest BCUT2D eigenvalue weighted by molar-refractivity contribution is 14.1. The number of fused-ring (bicyclic) bond motifs is 4. The van der Waals surface area contributed by atoms with Crippen LogP contribution >= 0.6 is 22.6 Å². The maximum Gasteiger partial charge on any atom is 0.100 e. The van der Waals surface area contributed by atoms with Crippen LogP contribution in [0.15, 0.2) is 174 Å². The van der Waals surface area contributed by atoms with E-state index in [4.69, 9.17) is 4.98 Å². The Kier molecular flexibility index (Phi) is 9.85. The van der Waals surface area contributed by atoms with Crippen molar-refractivity contribution in [3.63, 3.8) is 0 Å². The van der Waals surface area contributed by atoms with Crippen molar-refractivity contribution in [2.45, 2.75) is 39.0 Å². The number of imidazole rings is 1. The van der Waals surface area contributed by atoms with Gasteiger partial charge in [-0.25, -0.2) is 4.98 Å². The summed E-state index contributed by atoms with van der Waals surface area (Å²) in [5, 5.41) is 2.58. The lowest BCUT2D eigenvalue weighted by Crippen LogP contribution is -2.24. The molecule has 3 heteroatoms. The van der Waals surface area contributed by atoms with Gasteiger partial charge in [0.25, 0.3) is 0 Å². The highest BCUT2D eigenvalue weighted by atomic mass is 127. The van der Waals surface area contributed by atoms with Crippen molar-refractivity contribution in [1.29, 1.82) is 0 Å². The molecule has 3 aliphatic rings. The highest BCUT2D eigenvalue weighted by Crippen LogP contribution is 2.52. The molecule has 0 bridgehead atoms. The van der Waals surface area contributed by atoms with Gasteiger partial charge in [0.05, 0.1) is 17.1 Å². The fourth-order valence-corrected chi connectivity index (χ4v) is 9.14. The fraction of sp³-hybridized carbons (Fsp3) is 0.140. The Balaban J connectivity index is 1.33. The summed E-state index contributed by atoms with van der Waals surface area (Å²) in [6.07, 6.45) is 26.4. The molecule has 260 valence electrons. The Hall–Kier alpha value is -5.26. The molecule has 3 aliphatic carbocycles. The van der Waals surface area contributed by atoms with Crippen LogP contribution in [0.1, 0.15) is 78.2 Å². The number of aromatic nitrogens is 2. The molecule has 0 amide bonds. The standard InChI is InChI=1S/C50H43IN2/c1-5-8-16-38-28-33(4)41(7-3)50-49(38)52-32-53(50)46-27-26-37(30-39(46)31-40(51)19-9-6-2)48-44-22-14-12-20-42(44)47(43-21-13-15-23-45(43)48)36-25-24-34-17-10-11-18-35(34)29-36/h5-12,14-20,22-27,29-32,43,47H,2-3,13,21,28H2,1,4H3/b8-5-,19-9-,38-16+,40-31-. The third kappa shape index (κ3) is 6.42. The summed E-state index contributed by atoms with van der Waals surface area (Å²) < 4.78 is 3.38. The third-order valence-electron chi connectivity index (χ3n) is 10.9. The van der Waals surface area contributed by atoms with Crippen LogP contribution in [-0.2, 0) is 0 Å². The van der Waals surface area contributed by atoms with E-state index in [1.807, 2.05) is 24.6 Å². The fourth-order valence-electron chi connectivity index (χ4n) is 8.60. The van der Waals surface area contributed by atoms with Crippen LogP contribution in [0.5, 0.6) is 0 Å². The van der Waals surface area contributed by atoms with Crippen molar-refractivity contribution < 1.29 is 0 Å². The van der Waals surface area contributed by atoms with E-state index in [-0.39, 0.29) is 5.92 Å². The molecule has 1 heterocycles. The molecule has 1 aromatic heterocycles. The topological polar surface area (TPSA) is 17.8 Å². The largest absolute Gasteiger partial charge is 0.298 e. The first kappa shape index (κ1) is 34.8. The van der Waals surface area contributed by atoms with Gasteiger partial charge in [-0.1, -0.05) is 140 Å². The van der Waals surface area contributed by atoms with Crippen molar-refractivity contribution in [2.24, 2.45) is 5.92 Å². The average Bonchev–Trinajstić information content (AvgIpc) is 3.63. The van der Waals surface area contributed by atoms with Crippen LogP contribution in [0.3, 0.4) is 0 Å². The second-order valence-corrected chi connectivity index (χ2v) is 15.3. The maximum absolute atomic E-state index is 5.03. The van der Waals surface area contributed by atoms with Crippen molar-refractivity contribution in [3.05, 3.63) is 213 Å². The molecule has 2 unspecified atom stereocenters. The van der Waals surface area contributed by atoms with Gasteiger partial charge in [-0.15, -0.1) is 0 Å². The quantitative estimate of drug-likeness (QED) is 0.113. The molecular formula is C50H43IN2. The van der Waals surface area contributed by atoms with Gasteiger partial charge in [0.2, 0.25) is 0 Å². The summed E-state index contributed by atoms with van der Waals surface area (Å²) in [7, 11) is 0. The summed E-state index contributed by atoms with van der Waals surface area (Å²) in [4.78, 5) is 5.03. The zero-order valence-electron chi connectivity index (χ0n) is 30.4. The van der Waals surface area contributed by atoms with Crippen molar-refractivity contribution in [1.82, 2.24) is 9.55 Å². The molecule has 4 aromatic carbocycles. The number of halogens is 1. The van der Waals surface area contributed by atoms with Gasteiger partial charge in [-0.2, -0.15) is 0 Å². The maximum atomic E-state index is 5.03. The van der Waals surface area contributed by atoms with Gasteiger partial charge >= 0.3 is 0 Å². The molecule has 0 N–H and O–H groups in total. The minimum Gasteiger partial charge on any atom is -0.298 e. The predicted molar refractivity (Wildman–Crippen MR) is 235 cm³/mol. The lowest BCUT2D eigenvalue weighted by atomic mass is 9.65. The normalized spacial score (nSPS) is 19.3. The van der Waals surface area contributed by atoms with Crippen LogP contribution in [-0.4, -0.2) is 9.55 Å². The van der Waals surface area contributed by atoms with Gasteiger partial charge < -0.3 is 0 Å². The Morgan fingerprint density at radius 2 is 1.77 bits per heavy atom. The molecular weight excluding hydrogens is 755 g/mol. The summed E-state index contributed by atoms with van der Waals surface area (Å²) in [6.45, 7) is 12.4. The minimum atomic E-state index is 0.290. The van der Waals surface area contributed by atoms with Crippen molar-refractivity contribution >= 4 is 56.2 Å². The van der Waals surface area contributed by atoms with E-state index in [1.165, 1.54) is 55.3 Å². The summed E-state index contributed by atoms with van der Waals surface area (Å²) in [5.41, 5.74) is 16.1. The molecule has 0 saturated heterocycles. The van der Waals surface area contributed by atoms with Crippen LogP contribution in [0.2, 0.25) is 0 Å². The predicted octanol–water partition coefficient (Wildman–Crippen LogP) is 13.8. The first-order valence-electron chi connectivity index (χ1n) is 18.5. The molecule has 0 saturated carbocycles. The molecule has 8 rings (SSSR count). The van der Waals surface area contributed by atoms with Gasteiger partial charge in [0, 0.05) is 15.1 Å². The average molecular weight is 799 g/mol. The molecule has 53 heavy (non-hydrogen) atoms. The van der Waals surface area contributed by atoms with E-state index in [0.29, 0.717) is 5.92 Å². The lowest BCUT2D eigenvalue weighted by molar-refractivity contribution is 0.496. The number of nitrogens with zero attached hydrogens (tertiary/aromatic N) is 2. The van der Waals surface area contributed by atoms with E-state index in [1.54, 1.807) is 0 Å². The molecule has 2 nitrogen and oxygen atoms in total. The zero-order valence-corrected chi connectivity index (χ0v) is 32.6. The lowest BCUT2D eigenvalue weighted by Gasteiger charge is -2.39. The first-order valence-corrected chi connectivity index (χ1v) is 19.6. The summed E-state index contributed by atoms with van der Waals surface area (Å²) >= 11 is 2.43. The smallest absolute Gasteiger partial charge is 0.100 e.